The summed E-state index contributed by atoms with van der Waals surface area (Å²) in [5.74, 6) is -2.24. The van der Waals surface area contributed by atoms with Crippen molar-refractivity contribution in [3.8, 4) is 0 Å². The Morgan fingerprint density at radius 2 is 0.570 bits per heavy atom. The maximum Gasteiger partial charge on any atom is 0.306 e. The largest absolute Gasteiger partial charge is 0.545 e. The smallest absolute Gasteiger partial charge is 0.306 e. The summed E-state index contributed by atoms with van der Waals surface area (Å²) in [5.41, 5.74) is 0. The number of unbranched alkanes of at least 4 members (excludes halogenated alkanes) is 61. The van der Waals surface area contributed by atoms with E-state index < -0.39 is 24.3 Å². The van der Waals surface area contributed by atoms with Gasteiger partial charge < -0.3 is 33.3 Å². The second kappa shape index (κ2) is 81.9. The van der Waals surface area contributed by atoms with E-state index in [1.807, 2.05) is 21.1 Å². The number of ether oxygens (including phenoxy) is 4. The fourth-order valence-electron chi connectivity index (χ4n) is 13.7. The van der Waals surface area contributed by atoms with Gasteiger partial charge in [0.2, 0.25) is 0 Å². The van der Waals surface area contributed by atoms with Gasteiger partial charge in [-0.15, -0.1) is 0 Å². The van der Waals surface area contributed by atoms with Crippen molar-refractivity contribution in [2.24, 2.45) is 0 Å². The first-order chi connectivity index (χ1) is 49.1. The molecule has 9 nitrogen and oxygen atoms in total. The van der Waals surface area contributed by atoms with Gasteiger partial charge in [0.1, 0.15) is 13.2 Å². The maximum atomic E-state index is 13.0. The molecular formula is C91H171NO8. The van der Waals surface area contributed by atoms with Gasteiger partial charge in [0.15, 0.2) is 12.4 Å². The van der Waals surface area contributed by atoms with Crippen molar-refractivity contribution in [1.29, 1.82) is 0 Å². The Labute approximate surface area is 623 Å². The number of allylic oxidation sites excluding steroid dienone is 8. The second-order valence-corrected chi connectivity index (χ2v) is 31.5. The van der Waals surface area contributed by atoms with Gasteiger partial charge in [-0.3, -0.25) is 9.59 Å². The van der Waals surface area contributed by atoms with Crippen LogP contribution in [0.5, 0.6) is 0 Å². The highest BCUT2D eigenvalue weighted by atomic mass is 16.7. The lowest BCUT2D eigenvalue weighted by molar-refractivity contribution is -0.870. The Kier molecular flexibility index (Phi) is 79.7. The summed E-state index contributed by atoms with van der Waals surface area (Å²) < 4.78 is 22.9. The zero-order valence-corrected chi connectivity index (χ0v) is 67.6. The van der Waals surface area contributed by atoms with E-state index in [-0.39, 0.29) is 32.2 Å². The number of likely N-dealkylation sites (N-methyl/N-ethyl adjacent to an activating group) is 1. The van der Waals surface area contributed by atoms with Gasteiger partial charge in [-0.25, -0.2) is 0 Å². The molecule has 0 aromatic rings. The van der Waals surface area contributed by atoms with E-state index in [4.69, 9.17) is 18.9 Å². The quantitative estimate of drug-likeness (QED) is 0.0195. The van der Waals surface area contributed by atoms with Crippen molar-refractivity contribution in [1.82, 2.24) is 0 Å². The summed E-state index contributed by atoms with van der Waals surface area (Å²) in [6.45, 7) is 4.73. The van der Waals surface area contributed by atoms with Gasteiger partial charge in [0.25, 0.3) is 0 Å². The summed E-state index contributed by atoms with van der Waals surface area (Å²) in [7, 11) is 5.96. The van der Waals surface area contributed by atoms with Crippen LogP contribution in [0.3, 0.4) is 0 Å². The second-order valence-electron chi connectivity index (χ2n) is 31.5. The van der Waals surface area contributed by atoms with Crippen molar-refractivity contribution in [2.45, 2.75) is 469 Å². The van der Waals surface area contributed by atoms with Crippen molar-refractivity contribution in [3.63, 3.8) is 0 Å². The van der Waals surface area contributed by atoms with Crippen LogP contribution >= 0.6 is 0 Å². The predicted octanol–water partition coefficient (Wildman–Crippen LogP) is 27.4. The number of esters is 2. The van der Waals surface area contributed by atoms with E-state index >= 15 is 0 Å². The van der Waals surface area contributed by atoms with Crippen LogP contribution in [0.15, 0.2) is 48.6 Å². The van der Waals surface area contributed by atoms with Gasteiger partial charge in [-0.1, -0.05) is 441 Å². The number of hydrogen-bond donors (Lipinski definition) is 0. The van der Waals surface area contributed by atoms with Gasteiger partial charge >= 0.3 is 11.9 Å². The molecule has 0 fully saturated rings. The van der Waals surface area contributed by atoms with Crippen LogP contribution in [0.2, 0.25) is 0 Å². The van der Waals surface area contributed by atoms with Crippen LogP contribution in [-0.4, -0.2) is 82.3 Å². The zero-order chi connectivity index (χ0) is 72.5. The minimum atomic E-state index is -1.62. The van der Waals surface area contributed by atoms with Gasteiger partial charge in [0.05, 0.1) is 40.3 Å². The average molecular weight is 1410 g/mol. The molecule has 0 spiro atoms. The molecule has 0 aliphatic rings. The number of quaternary nitrogens is 1. The van der Waals surface area contributed by atoms with E-state index in [9.17, 15) is 19.5 Å². The fourth-order valence-corrected chi connectivity index (χ4v) is 13.7. The number of aliphatic carboxylic acids is 1. The third-order valence-corrected chi connectivity index (χ3v) is 20.3. The van der Waals surface area contributed by atoms with Crippen molar-refractivity contribution < 1.29 is 42.9 Å². The third-order valence-electron chi connectivity index (χ3n) is 20.3. The van der Waals surface area contributed by atoms with E-state index in [2.05, 4.69) is 62.5 Å². The molecular weight excluding hydrogens is 1230 g/mol. The van der Waals surface area contributed by atoms with E-state index in [0.717, 1.165) is 64.2 Å². The standard InChI is InChI=1S/C91H171NO8/c1-6-8-10-12-14-16-18-20-22-24-26-28-30-32-34-36-38-40-42-44-45-46-48-50-52-54-56-58-60-62-64-66-68-70-72-74-76-78-80-82-89(94)100-87(86-99-91(90(95)96)97-84-83-92(3,4)5)85-98-88(93)81-79-77-75-73-71-69-67-65-63-61-59-57-55-53-51-49-47-43-41-39-37-35-33-31-29-27-25-23-21-19-17-15-13-11-9-7-2/h8,10,14,16,20,22,26,28,87,91H,6-7,9,11-13,15,17-19,21,23-25,27,29-86H2,1-5H3/b10-8-,16-14-,22-20-,28-26-. The molecule has 588 valence electrons. The highest BCUT2D eigenvalue weighted by Gasteiger charge is 2.22. The van der Waals surface area contributed by atoms with Crippen LogP contribution in [0.4, 0.5) is 0 Å². The lowest BCUT2D eigenvalue weighted by Crippen LogP contribution is -2.44. The highest BCUT2D eigenvalue weighted by molar-refractivity contribution is 5.70. The normalized spacial score (nSPS) is 12.8. The molecule has 2 unspecified atom stereocenters. The molecule has 2 atom stereocenters. The number of rotatable bonds is 84. The minimum absolute atomic E-state index is 0.152. The molecule has 0 aliphatic heterocycles. The third kappa shape index (κ3) is 82.5. The number of carbonyl (C=O) groups is 3. The Bertz CT molecular complexity index is 1790. The molecule has 0 radical (unpaired) electrons. The molecule has 0 aliphatic carbocycles. The molecule has 100 heavy (non-hydrogen) atoms. The number of carbonyl (C=O) groups excluding carboxylic acids is 3. The lowest BCUT2D eigenvalue weighted by atomic mass is 10.0. The SMILES string of the molecule is CC/C=C\C/C=C\C/C=C\C/C=C\CCCCCCCCCCCCCCCCCCCCCCCCCCCCC(=O)OC(COC(=O)CCCCCCCCCCCCCCCCCCCCCCCCCCCCCCCCCCCCCC)COC(OCC[N+](C)(C)C)C(=O)[O-]. The summed E-state index contributed by atoms with van der Waals surface area (Å²) in [4.78, 5) is 37.7. The number of hydrogen-bond acceptors (Lipinski definition) is 8. The first-order valence-corrected chi connectivity index (χ1v) is 44.3. The number of carboxylic acid groups (broad SMARTS) is 1. The average Bonchev–Trinajstić information content (AvgIpc) is 1.08. The molecule has 9 heteroatoms. The predicted molar refractivity (Wildman–Crippen MR) is 431 cm³/mol. The molecule has 0 heterocycles. The molecule has 0 bridgehead atoms. The van der Waals surface area contributed by atoms with E-state index in [1.54, 1.807) is 0 Å². The zero-order valence-electron chi connectivity index (χ0n) is 67.6. The topological polar surface area (TPSA) is 111 Å². The maximum absolute atomic E-state index is 13.0. The molecule has 0 saturated heterocycles. The Hall–Kier alpha value is -2.75. The molecule has 0 N–H and O–H groups in total. The summed E-state index contributed by atoms with van der Waals surface area (Å²) in [5, 5.41) is 11.9. The van der Waals surface area contributed by atoms with Crippen LogP contribution in [0.1, 0.15) is 457 Å². The minimum Gasteiger partial charge on any atom is -0.545 e. The van der Waals surface area contributed by atoms with Crippen molar-refractivity contribution in [2.75, 3.05) is 47.5 Å². The number of carboxylic acids is 1. The van der Waals surface area contributed by atoms with Crippen LogP contribution in [0.25, 0.3) is 0 Å². The highest BCUT2D eigenvalue weighted by Crippen LogP contribution is 2.21. The fraction of sp³-hybridized carbons (Fsp3) is 0.879. The number of nitrogens with zero attached hydrogens (tertiary/aromatic N) is 1. The summed E-state index contributed by atoms with van der Waals surface area (Å²) in [6.07, 6.45) is 106. The molecule has 0 rings (SSSR count). The van der Waals surface area contributed by atoms with Crippen LogP contribution in [-0.2, 0) is 33.3 Å². The van der Waals surface area contributed by atoms with Gasteiger partial charge in [0, 0.05) is 12.8 Å². The Morgan fingerprint density at radius 3 is 0.850 bits per heavy atom. The molecule has 0 aromatic carbocycles. The Morgan fingerprint density at radius 1 is 0.310 bits per heavy atom. The first kappa shape index (κ1) is 97.2. The van der Waals surface area contributed by atoms with Crippen LogP contribution < -0.4 is 5.11 Å². The van der Waals surface area contributed by atoms with Crippen LogP contribution in [0, 0.1) is 0 Å². The molecule has 0 amide bonds. The van der Waals surface area contributed by atoms with Crippen molar-refractivity contribution in [3.05, 3.63) is 48.6 Å². The Balaban J connectivity index is 3.90. The van der Waals surface area contributed by atoms with E-state index in [0.29, 0.717) is 17.4 Å². The van der Waals surface area contributed by atoms with E-state index in [1.165, 1.54) is 366 Å². The summed E-state index contributed by atoms with van der Waals surface area (Å²) in [6, 6.07) is 0. The lowest BCUT2D eigenvalue weighted by Gasteiger charge is -2.26. The molecule has 0 saturated carbocycles. The van der Waals surface area contributed by atoms with Crippen molar-refractivity contribution >= 4 is 17.9 Å². The first-order valence-electron chi connectivity index (χ1n) is 44.3. The van der Waals surface area contributed by atoms with Gasteiger partial charge in [-0.05, 0) is 51.4 Å². The monoisotopic (exact) mass is 1410 g/mol. The molecule has 0 aromatic heterocycles. The summed E-state index contributed by atoms with van der Waals surface area (Å²) >= 11 is 0. The van der Waals surface area contributed by atoms with Gasteiger partial charge in [-0.2, -0.15) is 0 Å².